The van der Waals surface area contributed by atoms with Gasteiger partial charge in [0, 0.05) is 6.04 Å². The highest BCUT2D eigenvalue weighted by molar-refractivity contribution is 7.80. The summed E-state index contributed by atoms with van der Waals surface area (Å²) in [6.45, 7) is 6.06. The van der Waals surface area contributed by atoms with Crippen LogP contribution < -0.4 is 11.1 Å². The molecule has 18 heavy (non-hydrogen) atoms. The van der Waals surface area contributed by atoms with Gasteiger partial charge in [0.2, 0.25) is 0 Å². The molecule has 1 aliphatic rings. The normalized spacial score (nSPS) is 16.4. The summed E-state index contributed by atoms with van der Waals surface area (Å²) < 4.78 is 0. The van der Waals surface area contributed by atoms with E-state index in [1.54, 1.807) is 0 Å². The summed E-state index contributed by atoms with van der Waals surface area (Å²) in [5.41, 5.74) is 8.52. The molecule has 4 nitrogen and oxygen atoms in total. The van der Waals surface area contributed by atoms with E-state index in [-0.39, 0.29) is 0 Å². The molecular weight excluding hydrogens is 244 g/mol. The number of hydrogen-bond donors (Lipinski definition) is 2. The summed E-state index contributed by atoms with van der Waals surface area (Å²) in [4.78, 5) is 0.381. The first-order chi connectivity index (χ1) is 8.49. The maximum absolute atomic E-state index is 5.80. The van der Waals surface area contributed by atoms with Gasteiger partial charge in [-0.05, 0) is 38.7 Å². The molecule has 98 valence electrons. The van der Waals surface area contributed by atoms with Crippen molar-refractivity contribution < 1.29 is 0 Å². The third-order valence-electron chi connectivity index (χ3n) is 3.47. The van der Waals surface area contributed by atoms with Gasteiger partial charge in [-0.25, -0.2) is 0 Å². The van der Waals surface area contributed by atoms with E-state index in [1.807, 2.05) is 13.8 Å². The third kappa shape index (κ3) is 2.96. The molecule has 1 saturated carbocycles. The smallest absolute Gasteiger partial charge is 0.159 e. The maximum Gasteiger partial charge on any atom is 0.159 e. The largest absolute Gasteiger partial charge is 0.389 e. The molecule has 1 atom stereocenters. The van der Waals surface area contributed by atoms with Crippen LogP contribution in [0.4, 0.5) is 5.82 Å². The van der Waals surface area contributed by atoms with Crippen molar-refractivity contribution in [2.45, 2.75) is 46.1 Å². The predicted octanol–water partition coefficient (Wildman–Crippen LogP) is 2.33. The second kappa shape index (κ2) is 5.18. The molecule has 1 aliphatic carbocycles. The average molecular weight is 264 g/mol. The molecule has 0 aromatic carbocycles. The molecule has 2 rings (SSSR count). The van der Waals surface area contributed by atoms with Crippen LogP contribution in [0, 0.1) is 19.8 Å². The number of rotatable bonds is 5. The van der Waals surface area contributed by atoms with E-state index in [0.29, 0.717) is 11.0 Å². The van der Waals surface area contributed by atoms with Crippen LogP contribution in [0.25, 0.3) is 0 Å². The number of thiocarbonyl (C=S) groups is 1. The van der Waals surface area contributed by atoms with Crippen LogP contribution in [0.15, 0.2) is 0 Å². The second-order valence-electron chi connectivity index (χ2n) is 5.22. The van der Waals surface area contributed by atoms with Crippen molar-refractivity contribution in [3.05, 3.63) is 16.8 Å². The summed E-state index contributed by atoms with van der Waals surface area (Å²) in [5, 5.41) is 11.7. The van der Waals surface area contributed by atoms with Crippen LogP contribution in [0.2, 0.25) is 0 Å². The lowest BCUT2D eigenvalue weighted by Gasteiger charge is -2.17. The molecule has 0 amide bonds. The monoisotopic (exact) mass is 264 g/mol. The zero-order valence-electron chi connectivity index (χ0n) is 11.2. The number of nitrogens with zero attached hydrogens (tertiary/aromatic N) is 2. The quantitative estimate of drug-likeness (QED) is 0.799. The number of aromatic nitrogens is 2. The summed E-state index contributed by atoms with van der Waals surface area (Å²) in [5.74, 6) is 1.60. The highest BCUT2D eigenvalue weighted by Crippen LogP contribution is 2.34. The average Bonchev–Trinajstić information content (AvgIpc) is 3.07. The lowest BCUT2D eigenvalue weighted by molar-refractivity contribution is 0.638. The van der Waals surface area contributed by atoms with E-state index in [0.717, 1.165) is 28.6 Å². The Morgan fingerprint density at radius 2 is 2.11 bits per heavy atom. The Bertz CT molecular complexity index is 468. The van der Waals surface area contributed by atoms with Crippen LogP contribution in [0.1, 0.15) is 43.0 Å². The SMILES string of the molecule is Cc1nnc(NC(C)CC2CC2)c(C(N)=S)c1C. The number of anilines is 1. The van der Waals surface area contributed by atoms with Crippen molar-refractivity contribution in [2.24, 2.45) is 11.7 Å². The van der Waals surface area contributed by atoms with Crippen molar-refractivity contribution >= 4 is 23.0 Å². The van der Waals surface area contributed by atoms with Crippen LogP contribution in [-0.4, -0.2) is 21.2 Å². The molecule has 1 unspecified atom stereocenters. The Morgan fingerprint density at radius 1 is 1.44 bits per heavy atom. The van der Waals surface area contributed by atoms with Crippen LogP contribution >= 0.6 is 12.2 Å². The van der Waals surface area contributed by atoms with Gasteiger partial charge in [0.15, 0.2) is 5.82 Å². The lowest BCUT2D eigenvalue weighted by atomic mass is 10.1. The molecule has 1 aromatic heterocycles. The van der Waals surface area contributed by atoms with Gasteiger partial charge in [-0.15, -0.1) is 5.10 Å². The van der Waals surface area contributed by atoms with Crippen molar-refractivity contribution in [3.8, 4) is 0 Å². The van der Waals surface area contributed by atoms with Crippen molar-refractivity contribution in [2.75, 3.05) is 5.32 Å². The number of nitrogens with two attached hydrogens (primary N) is 1. The number of aryl methyl sites for hydroxylation is 1. The van der Waals surface area contributed by atoms with Gasteiger partial charge in [0.25, 0.3) is 0 Å². The lowest BCUT2D eigenvalue weighted by Crippen LogP contribution is -2.23. The van der Waals surface area contributed by atoms with Gasteiger partial charge in [0.1, 0.15) is 4.99 Å². The van der Waals surface area contributed by atoms with Gasteiger partial charge >= 0.3 is 0 Å². The highest BCUT2D eigenvalue weighted by Gasteiger charge is 2.24. The first-order valence-electron chi connectivity index (χ1n) is 6.39. The van der Waals surface area contributed by atoms with E-state index < -0.39 is 0 Å². The Balaban J connectivity index is 2.20. The molecule has 1 fully saturated rings. The minimum atomic E-state index is 0.377. The topological polar surface area (TPSA) is 63.8 Å². The molecule has 1 heterocycles. The van der Waals surface area contributed by atoms with Gasteiger partial charge in [-0.1, -0.05) is 25.1 Å². The van der Waals surface area contributed by atoms with E-state index in [2.05, 4.69) is 22.4 Å². The highest BCUT2D eigenvalue weighted by atomic mass is 32.1. The van der Waals surface area contributed by atoms with E-state index in [4.69, 9.17) is 18.0 Å². The van der Waals surface area contributed by atoms with Gasteiger partial charge < -0.3 is 11.1 Å². The zero-order chi connectivity index (χ0) is 13.3. The first kappa shape index (κ1) is 13.2. The number of hydrogen-bond acceptors (Lipinski definition) is 4. The fraction of sp³-hybridized carbons (Fsp3) is 0.615. The van der Waals surface area contributed by atoms with Crippen molar-refractivity contribution in [1.29, 1.82) is 0 Å². The van der Waals surface area contributed by atoms with Crippen molar-refractivity contribution in [1.82, 2.24) is 10.2 Å². The maximum atomic E-state index is 5.80. The van der Waals surface area contributed by atoms with Gasteiger partial charge in [0.05, 0.1) is 11.3 Å². The van der Waals surface area contributed by atoms with E-state index in [1.165, 1.54) is 19.3 Å². The minimum absolute atomic E-state index is 0.377. The van der Waals surface area contributed by atoms with E-state index >= 15 is 0 Å². The molecule has 0 radical (unpaired) electrons. The first-order valence-corrected chi connectivity index (χ1v) is 6.80. The Kier molecular flexibility index (Phi) is 3.80. The predicted molar refractivity (Wildman–Crippen MR) is 77.8 cm³/mol. The molecule has 0 spiro atoms. The fourth-order valence-corrected chi connectivity index (χ4v) is 2.41. The second-order valence-corrected chi connectivity index (χ2v) is 5.66. The van der Waals surface area contributed by atoms with Crippen LogP contribution in [0.5, 0.6) is 0 Å². The Labute approximate surface area is 113 Å². The molecule has 0 bridgehead atoms. The molecule has 5 heteroatoms. The fourth-order valence-electron chi connectivity index (χ4n) is 2.16. The molecular formula is C13H20N4S. The Morgan fingerprint density at radius 3 is 2.67 bits per heavy atom. The molecule has 3 N–H and O–H groups in total. The number of nitrogens with one attached hydrogen (secondary N) is 1. The van der Waals surface area contributed by atoms with E-state index in [9.17, 15) is 0 Å². The standard InChI is InChI=1S/C13H20N4S/c1-7(6-10-4-5-10)15-13-11(12(14)18)8(2)9(3)16-17-13/h7,10H,4-6H2,1-3H3,(H2,14,18)(H,15,17). The summed E-state index contributed by atoms with van der Waals surface area (Å²) in [6.07, 6.45) is 3.88. The van der Waals surface area contributed by atoms with Crippen LogP contribution in [-0.2, 0) is 0 Å². The van der Waals surface area contributed by atoms with Gasteiger partial charge in [-0.2, -0.15) is 5.10 Å². The molecule has 0 aliphatic heterocycles. The van der Waals surface area contributed by atoms with Crippen molar-refractivity contribution in [3.63, 3.8) is 0 Å². The summed E-state index contributed by atoms with van der Waals surface area (Å²) in [7, 11) is 0. The minimum Gasteiger partial charge on any atom is -0.389 e. The van der Waals surface area contributed by atoms with Crippen LogP contribution in [0.3, 0.4) is 0 Å². The Hall–Kier alpha value is -1.23. The zero-order valence-corrected chi connectivity index (χ0v) is 12.0. The molecule has 0 saturated heterocycles. The van der Waals surface area contributed by atoms with Gasteiger partial charge in [-0.3, -0.25) is 0 Å². The third-order valence-corrected chi connectivity index (χ3v) is 3.67. The summed E-state index contributed by atoms with van der Waals surface area (Å²) >= 11 is 5.12. The summed E-state index contributed by atoms with van der Waals surface area (Å²) in [6, 6.07) is 0.377. The molecule has 1 aromatic rings.